The number of aryl methyl sites for hydroxylation is 1. The van der Waals surface area contributed by atoms with E-state index in [9.17, 15) is 4.79 Å². The van der Waals surface area contributed by atoms with Crippen LogP contribution >= 0.6 is 36.2 Å². The quantitative estimate of drug-likeness (QED) is 0.781. The Hall–Kier alpha value is -0.360. The molecule has 0 aliphatic rings. The Balaban J connectivity index is 0. The van der Waals surface area contributed by atoms with Crippen molar-refractivity contribution < 1.29 is 4.79 Å². The summed E-state index contributed by atoms with van der Waals surface area (Å²) in [5.74, 6) is 0.0400. The second kappa shape index (κ2) is 10.8. The van der Waals surface area contributed by atoms with Crippen molar-refractivity contribution in [1.82, 2.24) is 15.6 Å². The van der Waals surface area contributed by atoms with Gasteiger partial charge >= 0.3 is 0 Å². The lowest BCUT2D eigenvalue weighted by molar-refractivity contribution is -0.120. The van der Waals surface area contributed by atoms with Gasteiger partial charge in [-0.2, -0.15) is 0 Å². The molecule has 0 radical (unpaired) electrons. The SMILES string of the molecule is CCc1nc(CC(=O)NCCNC)cs1.Cl.Cl. The molecule has 0 saturated carbocycles. The summed E-state index contributed by atoms with van der Waals surface area (Å²) in [4.78, 5) is 15.7. The molecule has 4 nitrogen and oxygen atoms in total. The molecule has 0 unspecified atom stereocenters. The van der Waals surface area contributed by atoms with Crippen LogP contribution in [0, 0.1) is 0 Å². The third-order valence-corrected chi connectivity index (χ3v) is 2.98. The molecule has 1 rings (SSSR count). The number of thiazole rings is 1. The summed E-state index contributed by atoms with van der Waals surface area (Å²) in [7, 11) is 1.86. The summed E-state index contributed by atoms with van der Waals surface area (Å²) < 4.78 is 0. The Labute approximate surface area is 118 Å². The number of hydrogen-bond donors (Lipinski definition) is 2. The van der Waals surface area contributed by atoms with Crippen LogP contribution in [0.1, 0.15) is 17.6 Å². The van der Waals surface area contributed by atoms with E-state index in [0.29, 0.717) is 13.0 Å². The highest BCUT2D eigenvalue weighted by Gasteiger charge is 2.05. The van der Waals surface area contributed by atoms with Crippen molar-refractivity contribution in [3.05, 3.63) is 16.1 Å². The molecular weight excluding hydrogens is 281 g/mol. The number of aromatic nitrogens is 1. The van der Waals surface area contributed by atoms with Gasteiger partial charge in [-0.1, -0.05) is 6.92 Å². The van der Waals surface area contributed by atoms with Gasteiger partial charge in [-0.05, 0) is 13.5 Å². The van der Waals surface area contributed by atoms with E-state index in [1.54, 1.807) is 11.3 Å². The van der Waals surface area contributed by atoms with Gasteiger partial charge in [0.2, 0.25) is 5.91 Å². The maximum atomic E-state index is 11.4. The zero-order chi connectivity index (χ0) is 11.1. The highest BCUT2D eigenvalue weighted by atomic mass is 35.5. The predicted octanol–water partition coefficient (Wildman–Crippen LogP) is 1.43. The van der Waals surface area contributed by atoms with Crippen molar-refractivity contribution in [3.8, 4) is 0 Å². The number of carbonyl (C=O) groups excluding carboxylic acids is 1. The minimum atomic E-state index is 0. The van der Waals surface area contributed by atoms with Gasteiger partial charge in [-0.25, -0.2) is 4.98 Å². The normalized spacial score (nSPS) is 9.06. The monoisotopic (exact) mass is 299 g/mol. The summed E-state index contributed by atoms with van der Waals surface area (Å²) in [5, 5.41) is 8.84. The maximum Gasteiger partial charge on any atom is 0.226 e. The standard InChI is InChI=1S/C10H17N3OS.2ClH/c1-3-10-13-8(7-15-10)6-9(14)12-5-4-11-2;;/h7,11H,3-6H2,1-2H3,(H,12,14);2*1H. The first kappa shape index (κ1) is 19.0. The van der Waals surface area contributed by atoms with Crippen LogP contribution in [0.3, 0.4) is 0 Å². The molecule has 1 aromatic rings. The van der Waals surface area contributed by atoms with Gasteiger partial charge in [0.1, 0.15) is 0 Å². The number of nitrogens with zero attached hydrogens (tertiary/aromatic N) is 1. The third-order valence-electron chi connectivity index (χ3n) is 1.94. The Morgan fingerprint density at radius 1 is 1.41 bits per heavy atom. The van der Waals surface area contributed by atoms with Crippen molar-refractivity contribution in [3.63, 3.8) is 0 Å². The molecule has 0 saturated heterocycles. The largest absolute Gasteiger partial charge is 0.354 e. The third kappa shape index (κ3) is 7.54. The molecule has 2 N–H and O–H groups in total. The molecule has 0 aliphatic heterocycles. The van der Waals surface area contributed by atoms with Crippen LogP contribution in [0.4, 0.5) is 0 Å². The number of amides is 1. The zero-order valence-electron chi connectivity index (χ0n) is 9.99. The van der Waals surface area contributed by atoms with Gasteiger partial charge in [-0.15, -0.1) is 36.2 Å². The predicted molar refractivity (Wildman–Crippen MR) is 76.6 cm³/mol. The van der Waals surface area contributed by atoms with Gasteiger partial charge in [0.25, 0.3) is 0 Å². The summed E-state index contributed by atoms with van der Waals surface area (Å²) in [6, 6.07) is 0. The Morgan fingerprint density at radius 3 is 2.65 bits per heavy atom. The Kier molecular flexibility index (Phi) is 12.0. The summed E-state index contributed by atoms with van der Waals surface area (Å²) in [6.07, 6.45) is 1.33. The van der Waals surface area contributed by atoms with E-state index in [2.05, 4.69) is 22.5 Å². The van der Waals surface area contributed by atoms with Crippen LogP contribution in [0.2, 0.25) is 0 Å². The van der Waals surface area contributed by atoms with Crippen LogP contribution in [0.25, 0.3) is 0 Å². The van der Waals surface area contributed by atoms with Crippen molar-refractivity contribution in [2.75, 3.05) is 20.1 Å². The first-order chi connectivity index (χ1) is 7.26. The fourth-order valence-corrected chi connectivity index (χ4v) is 1.89. The number of hydrogen-bond acceptors (Lipinski definition) is 4. The summed E-state index contributed by atoms with van der Waals surface area (Å²) in [6.45, 7) is 3.53. The van der Waals surface area contributed by atoms with Crippen molar-refractivity contribution in [2.24, 2.45) is 0 Å². The minimum absolute atomic E-state index is 0. The van der Waals surface area contributed by atoms with Crippen molar-refractivity contribution >= 4 is 42.1 Å². The molecule has 0 aromatic carbocycles. The average molecular weight is 300 g/mol. The van der Waals surface area contributed by atoms with Crippen LogP contribution in [-0.4, -0.2) is 31.0 Å². The number of likely N-dealkylation sites (N-methyl/N-ethyl adjacent to an activating group) is 1. The lowest BCUT2D eigenvalue weighted by Crippen LogP contribution is -2.31. The van der Waals surface area contributed by atoms with Gasteiger partial charge < -0.3 is 10.6 Å². The number of rotatable bonds is 6. The number of nitrogens with one attached hydrogen (secondary N) is 2. The average Bonchev–Trinajstić information content (AvgIpc) is 2.66. The lowest BCUT2D eigenvalue weighted by atomic mass is 10.3. The lowest BCUT2D eigenvalue weighted by Gasteiger charge is -2.02. The van der Waals surface area contributed by atoms with E-state index in [4.69, 9.17) is 0 Å². The molecular formula is C10H19Cl2N3OS. The van der Waals surface area contributed by atoms with Gasteiger partial charge in [-0.3, -0.25) is 4.79 Å². The van der Waals surface area contributed by atoms with E-state index in [-0.39, 0.29) is 30.7 Å². The fourth-order valence-electron chi connectivity index (χ4n) is 1.15. The molecule has 0 aliphatic carbocycles. The summed E-state index contributed by atoms with van der Waals surface area (Å²) in [5.41, 5.74) is 0.874. The molecule has 0 fully saturated rings. The highest BCUT2D eigenvalue weighted by molar-refractivity contribution is 7.09. The van der Waals surface area contributed by atoms with E-state index >= 15 is 0 Å². The molecule has 0 spiro atoms. The van der Waals surface area contributed by atoms with Crippen molar-refractivity contribution in [1.29, 1.82) is 0 Å². The molecule has 100 valence electrons. The second-order valence-electron chi connectivity index (χ2n) is 3.22. The van der Waals surface area contributed by atoms with E-state index in [0.717, 1.165) is 23.7 Å². The summed E-state index contributed by atoms with van der Waals surface area (Å²) >= 11 is 1.62. The van der Waals surface area contributed by atoms with E-state index in [1.807, 2.05) is 12.4 Å². The second-order valence-corrected chi connectivity index (χ2v) is 4.16. The van der Waals surface area contributed by atoms with Crippen LogP contribution in [0.15, 0.2) is 5.38 Å². The van der Waals surface area contributed by atoms with Gasteiger partial charge in [0.15, 0.2) is 0 Å². The fraction of sp³-hybridized carbons (Fsp3) is 0.600. The Bertz CT molecular complexity index is 320. The Morgan fingerprint density at radius 2 is 2.12 bits per heavy atom. The molecule has 1 aromatic heterocycles. The molecule has 0 bridgehead atoms. The smallest absolute Gasteiger partial charge is 0.226 e. The molecule has 0 atom stereocenters. The minimum Gasteiger partial charge on any atom is -0.354 e. The number of halogens is 2. The molecule has 1 amide bonds. The zero-order valence-corrected chi connectivity index (χ0v) is 12.4. The highest BCUT2D eigenvalue weighted by Crippen LogP contribution is 2.10. The molecule has 17 heavy (non-hydrogen) atoms. The van der Waals surface area contributed by atoms with E-state index < -0.39 is 0 Å². The van der Waals surface area contributed by atoms with Crippen LogP contribution < -0.4 is 10.6 Å². The first-order valence-electron chi connectivity index (χ1n) is 5.10. The van der Waals surface area contributed by atoms with Crippen LogP contribution in [0.5, 0.6) is 0 Å². The molecule has 7 heteroatoms. The maximum absolute atomic E-state index is 11.4. The molecule has 1 heterocycles. The number of carbonyl (C=O) groups is 1. The van der Waals surface area contributed by atoms with Gasteiger partial charge in [0.05, 0.1) is 17.1 Å². The van der Waals surface area contributed by atoms with Crippen molar-refractivity contribution in [2.45, 2.75) is 19.8 Å². The topological polar surface area (TPSA) is 54.0 Å². The van der Waals surface area contributed by atoms with Crippen LogP contribution in [-0.2, 0) is 17.6 Å². The first-order valence-corrected chi connectivity index (χ1v) is 5.98. The van der Waals surface area contributed by atoms with Gasteiger partial charge in [0, 0.05) is 18.5 Å². The van der Waals surface area contributed by atoms with E-state index in [1.165, 1.54) is 0 Å².